The number of carboxylic acid groups (broad SMARTS) is 1. The largest absolute Gasteiger partial charge is 0.480 e. The lowest BCUT2D eigenvalue weighted by molar-refractivity contribution is -0.143. The molecule has 1 rings (SSSR count). The first-order valence-electron chi connectivity index (χ1n) is 6.71. The lowest BCUT2D eigenvalue weighted by Crippen LogP contribution is -2.40. The zero-order valence-electron chi connectivity index (χ0n) is 11.4. The van der Waals surface area contributed by atoms with Crippen LogP contribution in [0, 0.1) is 5.92 Å². The number of carbonyl (C=O) groups is 3. The number of nitrogens with zero attached hydrogens (tertiary/aromatic N) is 1. The Morgan fingerprint density at radius 3 is 2.42 bits per heavy atom. The third kappa shape index (κ3) is 6.22. The Morgan fingerprint density at radius 2 is 1.84 bits per heavy atom. The van der Waals surface area contributed by atoms with Crippen molar-refractivity contribution in [3.8, 4) is 0 Å². The van der Waals surface area contributed by atoms with Crippen molar-refractivity contribution in [1.29, 1.82) is 0 Å². The van der Waals surface area contributed by atoms with Gasteiger partial charge in [0.25, 0.3) is 0 Å². The third-order valence-corrected chi connectivity index (χ3v) is 3.43. The topological polar surface area (TPSA) is 86.7 Å². The average Bonchev–Trinajstić information content (AvgIpc) is 2.36. The van der Waals surface area contributed by atoms with Gasteiger partial charge < -0.3 is 15.3 Å². The predicted octanol–water partition coefficient (Wildman–Crippen LogP) is 0.616. The number of likely N-dealkylation sites (N-methyl/N-ethyl adjacent to an activating group) is 1. The molecule has 19 heavy (non-hydrogen) atoms. The third-order valence-electron chi connectivity index (χ3n) is 3.43. The molecule has 0 radical (unpaired) electrons. The van der Waals surface area contributed by atoms with Gasteiger partial charge in [-0.1, -0.05) is 19.3 Å². The number of aliphatic carboxylic acids is 1. The number of hydrogen-bond donors (Lipinski definition) is 2. The fourth-order valence-electron chi connectivity index (χ4n) is 2.33. The number of amides is 2. The van der Waals surface area contributed by atoms with Gasteiger partial charge in [-0.05, 0) is 18.8 Å². The normalized spacial score (nSPS) is 15.8. The van der Waals surface area contributed by atoms with Gasteiger partial charge in [0, 0.05) is 13.5 Å². The molecular weight excluding hydrogens is 248 g/mol. The van der Waals surface area contributed by atoms with Gasteiger partial charge in [0.15, 0.2) is 0 Å². The van der Waals surface area contributed by atoms with Crippen LogP contribution in [0.15, 0.2) is 0 Å². The minimum Gasteiger partial charge on any atom is -0.480 e. The maximum atomic E-state index is 11.7. The van der Waals surface area contributed by atoms with Gasteiger partial charge in [-0.3, -0.25) is 14.4 Å². The number of carbonyl (C=O) groups excluding carboxylic acids is 2. The van der Waals surface area contributed by atoms with Crippen LogP contribution in [0.2, 0.25) is 0 Å². The number of rotatable bonds is 6. The Bertz CT molecular complexity index is 338. The monoisotopic (exact) mass is 270 g/mol. The molecule has 0 aliphatic heterocycles. The van der Waals surface area contributed by atoms with E-state index in [1.165, 1.54) is 26.3 Å². The number of nitrogens with one attached hydrogen (secondary N) is 1. The van der Waals surface area contributed by atoms with E-state index in [1.807, 2.05) is 0 Å². The van der Waals surface area contributed by atoms with E-state index in [2.05, 4.69) is 5.32 Å². The van der Waals surface area contributed by atoms with Gasteiger partial charge in [0.2, 0.25) is 11.8 Å². The van der Waals surface area contributed by atoms with Gasteiger partial charge >= 0.3 is 5.97 Å². The Balaban J connectivity index is 2.21. The van der Waals surface area contributed by atoms with E-state index in [4.69, 9.17) is 5.11 Å². The second kappa shape index (κ2) is 7.76. The second-order valence-electron chi connectivity index (χ2n) is 5.13. The smallest absolute Gasteiger partial charge is 0.323 e. The van der Waals surface area contributed by atoms with Crippen molar-refractivity contribution < 1.29 is 19.5 Å². The molecule has 1 aliphatic carbocycles. The molecule has 6 nitrogen and oxygen atoms in total. The van der Waals surface area contributed by atoms with Gasteiger partial charge in [0.1, 0.15) is 6.54 Å². The van der Waals surface area contributed by atoms with Crippen molar-refractivity contribution in [2.24, 2.45) is 5.92 Å². The molecular formula is C13H22N2O4. The molecule has 0 bridgehead atoms. The lowest BCUT2D eigenvalue weighted by Gasteiger charge is -2.21. The molecule has 2 amide bonds. The Labute approximate surface area is 113 Å². The maximum Gasteiger partial charge on any atom is 0.323 e. The Morgan fingerprint density at radius 1 is 1.21 bits per heavy atom. The predicted molar refractivity (Wildman–Crippen MR) is 69.5 cm³/mol. The summed E-state index contributed by atoms with van der Waals surface area (Å²) in [6, 6.07) is 0. The van der Waals surface area contributed by atoms with E-state index in [0.717, 1.165) is 17.7 Å². The second-order valence-corrected chi connectivity index (χ2v) is 5.13. The van der Waals surface area contributed by atoms with Crippen LogP contribution < -0.4 is 5.32 Å². The van der Waals surface area contributed by atoms with Crippen molar-refractivity contribution in [3.63, 3.8) is 0 Å². The van der Waals surface area contributed by atoms with Crippen molar-refractivity contribution in [3.05, 3.63) is 0 Å². The van der Waals surface area contributed by atoms with Crippen LogP contribution in [0.25, 0.3) is 0 Å². The summed E-state index contributed by atoms with van der Waals surface area (Å²) in [5, 5.41) is 11.1. The number of hydrogen-bond acceptors (Lipinski definition) is 3. The molecule has 1 aliphatic rings. The summed E-state index contributed by atoms with van der Waals surface area (Å²) in [6.07, 6.45) is 6.24. The summed E-state index contributed by atoms with van der Waals surface area (Å²) in [5.41, 5.74) is 0. The van der Waals surface area contributed by atoms with E-state index in [-0.39, 0.29) is 24.9 Å². The quantitative estimate of drug-likeness (QED) is 0.740. The highest BCUT2D eigenvalue weighted by atomic mass is 16.4. The standard InChI is InChI=1S/C13H22N2O4/c1-15(9-13(18)19)12(17)8-14-11(16)7-10-5-3-2-4-6-10/h10H,2-9H2,1H3,(H,14,16)(H,18,19). The van der Waals surface area contributed by atoms with Gasteiger partial charge in [0.05, 0.1) is 6.54 Å². The van der Waals surface area contributed by atoms with E-state index in [0.29, 0.717) is 12.3 Å². The summed E-state index contributed by atoms with van der Waals surface area (Å²) in [6.45, 7) is -0.480. The van der Waals surface area contributed by atoms with Crippen molar-refractivity contribution in [2.45, 2.75) is 38.5 Å². The summed E-state index contributed by atoms with van der Waals surface area (Å²) < 4.78 is 0. The van der Waals surface area contributed by atoms with Crippen molar-refractivity contribution in [1.82, 2.24) is 10.2 Å². The van der Waals surface area contributed by atoms with Crippen LogP contribution in [-0.2, 0) is 14.4 Å². The van der Waals surface area contributed by atoms with Crippen molar-refractivity contribution >= 4 is 17.8 Å². The Kier molecular flexibility index (Phi) is 6.32. The minimum atomic E-state index is -1.07. The minimum absolute atomic E-state index is 0.121. The van der Waals surface area contributed by atoms with E-state index in [1.54, 1.807) is 0 Å². The van der Waals surface area contributed by atoms with Crippen LogP contribution in [0.5, 0.6) is 0 Å². The highest BCUT2D eigenvalue weighted by molar-refractivity contribution is 5.86. The van der Waals surface area contributed by atoms with Gasteiger partial charge in [-0.2, -0.15) is 0 Å². The zero-order valence-corrected chi connectivity index (χ0v) is 11.4. The van der Waals surface area contributed by atoms with E-state index in [9.17, 15) is 14.4 Å². The summed E-state index contributed by atoms with van der Waals surface area (Å²) in [7, 11) is 1.41. The fraction of sp³-hybridized carbons (Fsp3) is 0.769. The van der Waals surface area contributed by atoms with Crippen LogP contribution in [0.4, 0.5) is 0 Å². The van der Waals surface area contributed by atoms with E-state index >= 15 is 0 Å². The highest BCUT2D eigenvalue weighted by Gasteiger charge is 2.18. The molecule has 0 aromatic heterocycles. The molecule has 1 fully saturated rings. The van der Waals surface area contributed by atoms with Crippen molar-refractivity contribution in [2.75, 3.05) is 20.1 Å². The van der Waals surface area contributed by atoms with Crippen LogP contribution >= 0.6 is 0 Å². The molecule has 0 spiro atoms. The van der Waals surface area contributed by atoms with Crippen LogP contribution in [-0.4, -0.2) is 47.9 Å². The summed E-state index contributed by atoms with van der Waals surface area (Å²) in [4.78, 5) is 34.7. The molecule has 0 aromatic carbocycles. The molecule has 0 heterocycles. The average molecular weight is 270 g/mol. The Hall–Kier alpha value is -1.59. The summed E-state index contributed by atoms with van der Waals surface area (Å²) >= 11 is 0. The zero-order chi connectivity index (χ0) is 14.3. The molecule has 0 unspecified atom stereocenters. The molecule has 1 saturated carbocycles. The summed E-state index contributed by atoms with van der Waals surface area (Å²) in [5.74, 6) is -1.15. The molecule has 0 aromatic rings. The van der Waals surface area contributed by atoms with Crippen LogP contribution in [0.1, 0.15) is 38.5 Å². The fourth-order valence-corrected chi connectivity index (χ4v) is 2.33. The molecule has 108 valence electrons. The number of carboxylic acids is 1. The van der Waals surface area contributed by atoms with Crippen LogP contribution in [0.3, 0.4) is 0 Å². The highest BCUT2D eigenvalue weighted by Crippen LogP contribution is 2.25. The first kappa shape index (κ1) is 15.5. The first-order chi connectivity index (χ1) is 8.99. The first-order valence-corrected chi connectivity index (χ1v) is 6.71. The maximum absolute atomic E-state index is 11.7. The SMILES string of the molecule is CN(CC(=O)O)C(=O)CNC(=O)CC1CCCCC1. The van der Waals surface area contributed by atoms with Gasteiger partial charge in [-0.25, -0.2) is 0 Å². The molecule has 6 heteroatoms. The van der Waals surface area contributed by atoms with E-state index < -0.39 is 5.97 Å². The van der Waals surface area contributed by atoms with Gasteiger partial charge in [-0.15, -0.1) is 0 Å². The molecule has 2 N–H and O–H groups in total. The molecule has 0 atom stereocenters. The lowest BCUT2D eigenvalue weighted by atomic mass is 9.87. The molecule has 0 saturated heterocycles.